The fourth-order valence-electron chi connectivity index (χ4n) is 3.31. The van der Waals surface area contributed by atoms with Crippen molar-refractivity contribution in [3.8, 4) is 0 Å². The lowest BCUT2D eigenvalue weighted by molar-refractivity contribution is 0.102. The number of carbonyl (C=O) groups excluding carboxylic acids is 1. The molecule has 0 saturated carbocycles. The number of carbonyl (C=O) groups is 1. The van der Waals surface area contributed by atoms with Gasteiger partial charge < -0.3 is 10.2 Å². The van der Waals surface area contributed by atoms with Crippen LogP contribution < -0.4 is 5.32 Å². The molecule has 1 N–H and O–H groups in total. The molecule has 2 aromatic carbocycles. The van der Waals surface area contributed by atoms with Gasteiger partial charge in [0.1, 0.15) is 0 Å². The molecule has 1 saturated heterocycles. The van der Waals surface area contributed by atoms with Crippen LogP contribution in [0.5, 0.6) is 0 Å². The molecule has 156 valence electrons. The van der Waals surface area contributed by atoms with Gasteiger partial charge in [-0.25, -0.2) is 8.42 Å². The van der Waals surface area contributed by atoms with Crippen molar-refractivity contribution in [2.75, 3.05) is 38.5 Å². The van der Waals surface area contributed by atoms with Crippen molar-refractivity contribution in [3.63, 3.8) is 0 Å². The van der Waals surface area contributed by atoms with Gasteiger partial charge >= 0.3 is 0 Å². The summed E-state index contributed by atoms with van der Waals surface area (Å²) in [5.74, 6) is 0.146. The highest BCUT2D eigenvalue weighted by Crippen LogP contribution is 2.22. The van der Waals surface area contributed by atoms with Gasteiger partial charge in [0.25, 0.3) is 5.91 Å². The second kappa shape index (κ2) is 9.07. The van der Waals surface area contributed by atoms with Gasteiger partial charge in [-0.05, 0) is 55.3 Å². The average molecular weight is 416 g/mol. The van der Waals surface area contributed by atoms with Crippen LogP contribution >= 0.6 is 0 Å². The summed E-state index contributed by atoms with van der Waals surface area (Å²) in [5.41, 5.74) is 2.24. The Kier molecular flexibility index (Phi) is 6.72. The first-order chi connectivity index (χ1) is 13.8. The minimum Gasteiger partial charge on any atom is -0.322 e. The van der Waals surface area contributed by atoms with Crippen LogP contribution in [0.25, 0.3) is 0 Å². The summed E-state index contributed by atoms with van der Waals surface area (Å²) in [6.45, 7) is 6.62. The van der Waals surface area contributed by atoms with Gasteiger partial charge in [0.2, 0.25) is 10.0 Å². The number of hydrogen-bond donors (Lipinski definition) is 1. The molecule has 3 rings (SSSR count). The van der Waals surface area contributed by atoms with E-state index in [9.17, 15) is 13.2 Å². The molecule has 6 nitrogen and oxygen atoms in total. The number of anilines is 1. The number of nitrogens with zero attached hydrogens (tertiary/aromatic N) is 2. The van der Waals surface area contributed by atoms with Crippen LogP contribution in [0.3, 0.4) is 0 Å². The van der Waals surface area contributed by atoms with Gasteiger partial charge in [-0.1, -0.05) is 32.0 Å². The smallest absolute Gasteiger partial charge is 0.255 e. The molecule has 29 heavy (non-hydrogen) atoms. The van der Waals surface area contributed by atoms with Crippen molar-refractivity contribution in [3.05, 3.63) is 59.7 Å². The number of sulfonamides is 1. The van der Waals surface area contributed by atoms with Crippen molar-refractivity contribution < 1.29 is 13.2 Å². The van der Waals surface area contributed by atoms with Gasteiger partial charge in [0.15, 0.2) is 0 Å². The lowest BCUT2D eigenvalue weighted by Crippen LogP contribution is -2.47. The molecule has 0 bridgehead atoms. The maximum Gasteiger partial charge on any atom is 0.255 e. The molecule has 1 fully saturated rings. The molecular weight excluding hydrogens is 386 g/mol. The van der Waals surface area contributed by atoms with Crippen molar-refractivity contribution in [2.45, 2.75) is 31.1 Å². The van der Waals surface area contributed by atoms with E-state index in [1.54, 1.807) is 18.2 Å². The number of amides is 1. The van der Waals surface area contributed by atoms with E-state index in [0.717, 1.165) is 6.42 Å². The molecule has 2 aromatic rings. The second-order valence-electron chi connectivity index (χ2n) is 7.62. The van der Waals surface area contributed by atoms with Crippen LogP contribution in [-0.2, 0) is 10.0 Å². The Hall–Kier alpha value is -2.22. The predicted octanol–water partition coefficient (Wildman–Crippen LogP) is 3.39. The van der Waals surface area contributed by atoms with Crippen LogP contribution in [0.1, 0.15) is 42.1 Å². The van der Waals surface area contributed by atoms with Crippen LogP contribution in [0.2, 0.25) is 0 Å². The quantitative estimate of drug-likeness (QED) is 0.785. The van der Waals surface area contributed by atoms with Gasteiger partial charge in [-0.2, -0.15) is 4.31 Å². The average Bonchev–Trinajstić information content (AvgIpc) is 2.74. The number of hydrogen-bond acceptors (Lipinski definition) is 4. The molecule has 1 atom stereocenters. The zero-order valence-corrected chi connectivity index (χ0v) is 18.1. The minimum atomic E-state index is -3.61. The highest BCUT2D eigenvalue weighted by molar-refractivity contribution is 7.89. The molecule has 1 unspecified atom stereocenters. The topological polar surface area (TPSA) is 69.7 Å². The van der Waals surface area contributed by atoms with Crippen molar-refractivity contribution in [1.82, 2.24) is 9.21 Å². The van der Waals surface area contributed by atoms with Crippen molar-refractivity contribution in [1.29, 1.82) is 0 Å². The third-order valence-corrected chi connectivity index (χ3v) is 7.44. The minimum absolute atomic E-state index is 0.154. The van der Waals surface area contributed by atoms with Crippen molar-refractivity contribution >= 4 is 21.6 Å². The summed E-state index contributed by atoms with van der Waals surface area (Å²) >= 11 is 0. The van der Waals surface area contributed by atoms with E-state index in [1.165, 1.54) is 15.9 Å². The summed E-state index contributed by atoms with van der Waals surface area (Å²) < 4.78 is 27.3. The van der Waals surface area contributed by atoms with E-state index < -0.39 is 10.0 Å². The number of benzene rings is 2. The molecule has 1 aliphatic heterocycles. The molecule has 1 amide bonds. The summed E-state index contributed by atoms with van der Waals surface area (Å²) in [5, 5.41) is 2.85. The Morgan fingerprint density at radius 2 is 1.72 bits per heavy atom. The van der Waals surface area contributed by atoms with Crippen LogP contribution in [0.15, 0.2) is 53.4 Å². The monoisotopic (exact) mass is 415 g/mol. The van der Waals surface area contributed by atoms with Gasteiger partial charge in [0, 0.05) is 37.4 Å². The van der Waals surface area contributed by atoms with E-state index in [0.29, 0.717) is 43.3 Å². The number of likely N-dealkylation sites (N-methyl/N-ethyl adjacent to an activating group) is 1. The molecule has 7 heteroatoms. The predicted molar refractivity (Wildman–Crippen MR) is 116 cm³/mol. The third-order valence-electron chi connectivity index (χ3n) is 5.55. The fraction of sp³-hybridized carbons (Fsp3) is 0.409. The SMILES string of the molecule is CCC(C)c1ccc(NC(=O)c2cccc(S(=O)(=O)N3CCN(C)CC3)c2)cc1. The maximum atomic E-state index is 12.9. The zero-order valence-electron chi connectivity index (χ0n) is 17.3. The summed E-state index contributed by atoms with van der Waals surface area (Å²) in [7, 11) is -1.63. The van der Waals surface area contributed by atoms with Crippen LogP contribution in [-0.4, -0.2) is 56.8 Å². The largest absolute Gasteiger partial charge is 0.322 e. The normalized spacial score (nSPS) is 17.1. The Bertz CT molecular complexity index is 950. The van der Waals surface area contributed by atoms with E-state index in [2.05, 4.69) is 24.1 Å². The summed E-state index contributed by atoms with van der Waals surface area (Å²) in [4.78, 5) is 14.9. The molecular formula is C22H29N3O3S. The fourth-order valence-corrected chi connectivity index (χ4v) is 4.78. The molecule has 0 aromatic heterocycles. The Balaban J connectivity index is 1.74. The lowest BCUT2D eigenvalue weighted by Gasteiger charge is -2.31. The van der Waals surface area contributed by atoms with Crippen LogP contribution in [0, 0.1) is 0 Å². The molecule has 0 radical (unpaired) electrons. The van der Waals surface area contributed by atoms with Crippen molar-refractivity contribution in [2.24, 2.45) is 0 Å². The maximum absolute atomic E-state index is 12.9. The van der Waals surface area contributed by atoms with E-state index in [4.69, 9.17) is 0 Å². The first-order valence-electron chi connectivity index (χ1n) is 10.0. The number of piperazine rings is 1. The Morgan fingerprint density at radius 3 is 2.34 bits per heavy atom. The highest BCUT2D eigenvalue weighted by Gasteiger charge is 2.27. The zero-order chi connectivity index (χ0) is 21.0. The molecule has 0 spiro atoms. The first kappa shape index (κ1) is 21.5. The second-order valence-corrected chi connectivity index (χ2v) is 9.56. The standard InChI is InChI=1S/C22H29N3O3S/c1-4-17(2)18-8-10-20(11-9-18)23-22(26)19-6-5-7-21(16-19)29(27,28)25-14-12-24(3)13-15-25/h5-11,16-17H,4,12-15H2,1-3H3,(H,23,26). The molecule has 0 aliphatic carbocycles. The Morgan fingerprint density at radius 1 is 1.07 bits per heavy atom. The molecule has 1 aliphatic rings. The Labute approximate surface area is 173 Å². The van der Waals surface area contributed by atoms with E-state index in [-0.39, 0.29) is 10.8 Å². The summed E-state index contributed by atoms with van der Waals surface area (Å²) in [6.07, 6.45) is 1.06. The molecule has 1 heterocycles. The third kappa shape index (κ3) is 5.04. The lowest BCUT2D eigenvalue weighted by atomic mass is 9.98. The van der Waals surface area contributed by atoms with E-state index >= 15 is 0 Å². The van der Waals surface area contributed by atoms with Gasteiger partial charge in [0.05, 0.1) is 4.90 Å². The number of rotatable bonds is 6. The highest BCUT2D eigenvalue weighted by atomic mass is 32.2. The van der Waals surface area contributed by atoms with Gasteiger partial charge in [-0.15, -0.1) is 0 Å². The van der Waals surface area contributed by atoms with Crippen LogP contribution in [0.4, 0.5) is 5.69 Å². The van der Waals surface area contributed by atoms with E-state index in [1.807, 2.05) is 31.3 Å². The number of nitrogens with one attached hydrogen (secondary N) is 1. The first-order valence-corrected chi connectivity index (χ1v) is 11.5. The summed E-state index contributed by atoms with van der Waals surface area (Å²) in [6, 6.07) is 14.0. The van der Waals surface area contributed by atoms with Gasteiger partial charge in [-0.3, -0.25) is 4.79 Å².